The number of carbonyl (C=O) groups excluding carboxylic acids is 2. The highest BCUT2D eigenvalue weighted by molar-refractivity contribution is 9.10. The molecule has 1 unspecified atom stereocenters. The first-order valence-corrected chi connectivity index (χ1v) is 7.08. The van der Waals surface area contributed by atoms with Crippen molar-refractivity contribution in [3.8, 4) is 0 Å². The van der Waals surface area contributed by atoms with Gasteiger partial charge in [-0.1, -0.05) is 28.1 Å². The maximum atomic E-state index is 12.2. The number of halogens is 1. The number of amides is 1. The SMILES string of the molecule is CN(C(=O)OC(C)(C)C)C(C)(C=O)c1cccc(Br)c1. The van der Waals surface area contributed by atoms with Crippen molar-refractivity contribution < 1.29 is 14.3 Å². The predicted octanol–water partition coefficient (Wildman–Crippen LogP) is 3.73. The molecule has 110 valence electrons. The van der Waals surface area contributed by atoms with E-state index in [1.165, 1.54) is 4.90 Å². The van der Waals surface area contributed by atoms with E-state index in [4.69, 9.17) is 4.74 Å². The van der Waals surface area contributed by atoms with Crippen LogP contribution in [-0.4, -0.2) is 29.9 Å². The molecule has 1 rings (SSSR count). The van der Waals surface area contributed by atoms with Gasteiger partial charge in [0.2, 0.25) is 0 Å². The topological polar surface area (TPSA) is 46.6 Å². The van der Waals surface area contributed by atoms with E-state index in [0.29, 0.717) is 0 Å². The Morgan fingerprint density at radius 3 is 2.35 bits per heavy atom. The van der Waals surface area contributed by atoms with Crippen LogP contribution in [0.5, 0.6) is 0 Å². The lowest BCUT2D eigenvalue weighted by Crippen LogP contribution is -2.48. The van der Waals surface area contributed by atoms with Crippen molar-refractivity contribution >= 4 is 28.3 Å². The fourth-order valence-corrected chi connectivity index (χ4v) is 2.06. The minimum absolute atomic E-state index is 0.535. The number of rotatable bonds is 3. The maximum absolute atomic E-state index is 12.2. The summed E-state index contributed by atoms with van der Waals surface area (Å²) in [5.41, 5.74) is -0.964. The molecule has 0 bridgehead atoms. The molecule has 0 aliphatic rings. The number of aldehydes is 1. The molecule has 0 aromatic heterocycles. The third-order valence-corrected chi connectivity index (χ3v) is 3.50. The maximum Gasteiger partial charge on any atom is 0.411 e. The number of ether oxygens (including phenoxy) is 1. The van der Waals surface area contributed by atoms with E-state index in [0.717, 1.165) is 16.3 Å². The molecule has 0 aliphatic carbocycles. The van der Waals surface area contributed by atoms with Crippen molar-refractivity contribution in [2.75, 3.05) is 7.05 Å². The number of hydrogen-bond acceptors (Lipinski definition) is 3. The van der Waals surface area contributed by atoms with Gasteiger partial charge in [-0.2, -0.15) is 0 Å². The minimum Gasteiger partial charge on any atom is -0.444 e. The molecule has 0 N–H and O–H groups in total. The van der Waals surface area contributed by atoms with Crippen LogP contribution in [-0.2, 0) is 15.1 Å². The summed E-state index contributed by atoms with van der Waals surface area (Å²) >= 11 is 3.37. The molecular weight excluding hydrogens is 322 g/mol. The minimum atomic E-state index is -1.08. The van der Waals surface area contributed by atoms with Crippen LogP contribution in [0.1, 0.15) is 33.3 Å². The van der Waals surface area contributed by atoms with Gasteiger partial charge in [-0.15, -0.1) is 0 Å². The summed E-state index contributed by atoms with van der Waals surface area (Å²) < 4.78 is 6.16. The lowest BCUT2D eigenvalue weighted by molar-refractivity contribution is -0.117. The van der Waals surface area contributed by atoms with E-state index in [-0.39, 0.29) is 0 Å². The second kappa shape index (κ2) is 5.95. The van der Waals surface area contributed by atoms with E-state index in [1.54, 1.807) is 40.8 Å². The van der Waals surface area contributed by atoms with Gasteiger partial charge in [0.15, 0.2) is 0 Å². The average Bonchev–Trinajstić information content (AvgIpc) is 2.34. The van der Waals surface area contributed by atoms with Gasteiger partial charge in [0, 0.05) is 11.5 Å². The number of nitrogens with zero attached hydrogens (tertiary/aromatic N) is 1. The zero-order valence-electron chi connectivity index (χ0n) is 12.4. The van der Waals surface area contributed by atoms with Crippen LogP contribution in [0.3, 0.4) is 0 Å². The van der Waals surface area contributed by atoms with E-state index >= 15 is 0 Å². The molecule has 5 heteroatoms. The molecule has 20 heavy (non-hydrogen) atoms. The normalized spacial score (nSPS) is 14.3. The Labute approximate surface area is 128 Å². The zero-order valence-corrected chi connectivity index (χ0v) is 14.0. The number of carbonyl (C=O) groups is 2. The van der Waals surface area contributed by atoms with E-state index in [1.807, 2.05) is 18.2 Å². The Bertz CT molecular complexity index is 510. The van der Waals surface area contributed by atoms with Crippen LogP contribution < -0.4 is 0 Å². The van der Waals surface area contributed by atoms with Gasteiger partial charge < -0.3 is 9.53 Å². The summed E-state index contributed by atoms with van der Waals surface area (Å²) in [7, 11) is 1.56. The van der Waals surface area contributed by atoms with Crippen LogP contribution in [0.15, 0.2) is 28.7 Å². The Hall–Kier alpha value is -1.36. The first-order valence-electron chi connectivity index (χ1n) is 6.29. The number of benzene rings is 1. The molecule has 0 heterocycles. The number of likely N-dealkylation sites (N-methyl/N-ethyl adjacent to an activating group) is 1. The highest BCUT2D eigenvalue weighted by atomic mass is 79.9. The molecule has 0 radical (unpaired) electrons. The summed E-state index contributed by atoms with van der Waals surface area (Å²) in [6, 6.07) is 7.31. The summed E-state index contributed by atoms with van der Waals surface area (Å²) in [4.78, 5) is 25.1. The molecule has 0 saturated heterocycles. The van der Waals surface area contributed by atoms with Crippen LogP contribution >= 0.6 is 15.9 Å². The first-order chi connectivity index (χ1) is 9.10. The molecule has 0 aliphatic heterocycles. The largest absolute Gasteiger partial charge is 0.444 e. The lowest BCUT2D eigenvalue weighted by Gasteiger charge is -2.35. The van der Waals surface area contributed by atoms with Crippen molar-refractivity contribution in [1.29, 1.82) is 0 Å². The summed E-state index contributed by atoms with van der Waals surface area (Å²) in [5.74, 6) is 0. The summed E-state index contributed by atoms with van der Waals surface area (Å²) in [5, 5.41) is 0. The van der Waals surface area contributed by atoms with Crippen molar-refractivity contribution in [2.24, 2.45) is 0 Å². The molecular formula is C15H20BrNO3. The van der Waals surface area contributed by atoms with Crippen LogP contribution in [0.25, 0.3) is 0 Å². The van der Waals surface area contributed by atoms with Crippen molar-refractivity contribution in [2.45, 2.75) is 38.8 Å². The Balaban J connectivity index is 3.10. The molecule has 1 amide bonds. The van der Waals surface area contributed by atoms with Gasteiger partial charge in [0.05, 0.1) is 0 Å². The van der Waals surface area contributed by atoms with E-state index in [9.17, 15) is 9.59 Å². The van der Waals surface area contributed by atoms with E-state index in [2.05, 4.69) is 15.9 Å². The fourth-order valence-electron chi connectivity index (χ4n) is 1.66. The molecule has 1 aromatic carbocycles. The van der Waals surface area contributed by atoms with Gasteiger partial charge in [0.1, 0.15) is 17.4 Å². The first kappa shape index (κ1) is 16.7. The van der Waals surface area contributed by atoms with Crippen molar-refractivity contribution in [1.82, 2.24) is 4.90 Å². The third-order valence-electron chi connectivity index (χ3n) is 3.00. The average molecular weight is 342 g/mol. The van der Waals surface area contributed by atoms with Crippen LogP contribution in [0.4, 0.5) is 4.79 Å². The predicted molar refractivity (Wildman–Crippen MR) is 81.6 cm³/mol. The quantitative estimate of drug-likeness (QED) is 0.787. The lowest BCUT2D eigenvalue weighted by atomic mass is 9.92. The van der Waals surface area contributed by atoms with Gasteiger partial charge in [0.25, 0.3) is 0 Å². The standard InChI is InChI=1S/C15H20BrNO3/c1-14(2,3)20-13(19)17(5)15(4,10-18)11-7-6-8-12(16)9-11/h6-10H,1-5H3. The molecule has 1 atom stereocenters. The number of hydrogen-bond donors (Lipinski definition) is 0. The highest BCUT2D eigenvalue weighted by Gasteiger charge is 2.36. The summed E-state index contributed by atoms with van der Waals surface area (Å²) in [6.07, 6.45) is 0.214. The van der Waals surface area contributed by atoms with Crippen LogP contribution in [0.2, 0.25) is 0 Å². The third kappa shape index (κ3) is 3.82. The van der Waals surface area contributed by atoms with Crippen molar-refractivity contribution in [3.05, 3.63) is 34.3 Å². The van der Waals surface area contributed by atoms with Crippen molar-refractivity contribution in [3.63, 3.8) is 0 Å². The summed E-state index contributed by atoms with van der Waals surface area (Å²) in [6.45, 7) is 7.05. The van der Waals surface area contributed by atoms with Gasteiger partial charge >= 0.3 is 6.09 Å². The Morgan fingerprint density at radius 1 is 1.30 bits per heavy atom. The molecule has 4 nitrogen and oxygen atoms in total. The molecule has 0 saturated carbocycles. The zero-order chi connectivity index (χ0) is 15.6. The molecule has 0 fully saturated rings. The smallest absolute Gasteiger partial charge is 0.411 e. The van der Waals surface area contributed by atoms with Gasteiger partial charge in [-0.05, 0) is 45.4 Å². The molecule has 1 aromatic rings. The van der Waals surface area contributed by atoms with Gasteiger partial charge in [-0.3, -0.25) is 4.90 Å². The second-order valence-corrected chi connectivity index (χ2v) is 6.73. The van der Waals surface area contributed by atoms with E-state index < -0.39 is 17.2 Å². The highest BCUT2D eigenvalue weighted by Crippen LogP contribution is 2.28. The molecule has 0 spiro atoms. The Morgan fingerprint density at radius 2 is 1.90 bits per heavy atom. The fraction of sp³-hybridized carbons (Fsp3) is 0.467. The second-order valence-electron chi connectivity index (χ2n) is 5.82. The monoisotopic (exact) mass is 341 g/mol. The Kier molecular flexibility index (Phi) is 4.97. The van der Waals surface area contributed by atoms with Crippen LogP contribution in [0, 0.1) is 0 Å². The van der Waals surface area contributed by atoms with Gasteiger partial charge in [-0.25, -0.2) is 4.79 Å².